The highest BCUT2D eigenvalue weighted by atomic mass is 35.5. The van der Waals surface area contributed by atoms with Gasteiger partial charge in [0.25, 0.3) is 0 Å². The summed E-state index contributed by atoms with van der Waals surface area (Å²) in [5, 5.41) is 4.94. The maximum atomic E-state index is 6.11. The van der Waals surface area contributed by atoms with Gasteiger partial charge in [0.1, 0.15) is 0 Å². The van der Waals surface area contributed by atoms with Gasteiger partial charge >= 0.3 is 0 Å². The van der Waals surface area contributed by atoms with Gasteiger partial charge < -0.3 is 5.32 Å². The number of thioether (sulfide) groups is 1. The zero-order valence-electron chi connectivity index (χ0n) is 10.0. The molecule has 1 N–H and O–H groups in total. The molecule has 1 nitrogen and oxygen atoms in total. The van der Waals surface area contributed by atoms with Crippen molar-refractivity contribution in [2.24, 2.45) is 0 Å². The quantitative estimate of drug-likeness (QED) is 0.742. The minimum atomic E-state index is 0.628. The first-order valence-electron chi connectivity index (χ1n) is 5.79. The number of hydrogen-bond acceptors (Lipinski definition) is 2. The number of rotatable bonds is 7. The average Bonchev–Trinajstić information content (AvgIpc) is 2.28. The average molecular weight is 258 g/mol. The van der Waals surface area contributed by atoms with Gasteiger partial charge in [-0.25, -0.2) is 0 Å². The smallest absolute Gasteiger partial charge is 0.0446 e. The third-order valence-corrected chi connectivity index (χ3v) is 3.92. The van der Waals surface area contributed by atoms with Crippen LogP contribution in [0.25, 0.3) is 0 Å². The van der Waals surface area contributed by atoms with E-state index >= 15 is 0 Å². The van der Waals surface area contributed by atoms with Crippen molar-refractivity contribution < 1.29 is 0 Å². The van der Waals surface area contributed by atoms with Crippen LogP contribution >= 0.6 is 23.4 Å². The Morgan fingerprint density at radius 3 is 2.81 bits per heavy atom. The lowest BCUT2D eigenvalue weighted by molar-refractivity contribution is 0.669. The third-order valence-electron chi connectivity index (χ3n) is 2.34. The van der Waals surface area contributed by atoms with Crippen LogP contribution in [0.15, 0.2) is 24.3 Å². The molecule has 1 aromatic rings. The Morgan fingerprint density at radius 2 is 2.12 bits per heavy atom. The van der Waals surface area contributed by atoms with Crippen LogP contribution in [0.1, 0.15) is 25.8 Å². The molecule has 1 unspecified atom stereocenters. The Balaban J connectivity index is 2.26. The molecule has 0 aromatic heterocycles. The second kappa shape index (κ2) is 7.99. The predicted molar refractivity (Wildman–Crippen MR) is 75.4 cm³/mol. The summed E-state index contributed by atoms with van der Waals surface area (Å²) in [6.07, 6.45) is 1.20. The first kappa shape index (κ1) is 13.9. The number of hydrogen-bond donors (Lipinski definition) is 1. The van der Waals surface area contributed by atoms with E-state index in [0.29, 0.717) is 5.25 Å². The first-order chi connectivity index (χ1) is 7.74. The Hall–Kier alpha value is -0.180. The monoisotopic (exact) mass is 257 g/mol. The van der Waals surface area contributed by atoms with Crippen molar-refractivity contribution in [3.8, 4) is 0 Å². The topological polar surface area (TPSA) is 12.0 Å². The van der Waals surface area contributed by atoms with Crippen LogP contribution in [-0.2, 0) is 5.75 Å². The Bertz CT molecular complexity index is 304. The zero-order chi connectivity index (χ0) is 11.8. The summed E-state index contributed by atoms with van der Waals surface area (Å²) >= 11 is 8.05. The fourth-order valence-corrected chi connectivity index (χ4v) is 2.62. The molecule has 0 fully saturated rings. The van der Waals surface area contributed by atoms with Crippen LogP contribution in [0, 0.1) is 0 Å². The van der Waals surface area contributed by atoms with Crippen molar-refractivity contribution in [1.29, 1.82) is 0 Å². The second-order valence-corrected chi connectivity index (χ2v) is 5.75. The van der Waals surface area contributed by atoms with Gasteiger partial charge in [-0.3, -0.25) is 0 Å². The van der Waals surface area contributed by atoms with E-state index in [1.54, 1.807) is 0 Å². The molecule has 1 aromatic carbocycles. The van der Waals surface area contributed by atoms with Gasteiger partial charge in [-0.05, 0) is 24.6 Å². The van der Waals surface area contributed by atoms with Crippen LogP contribution in [-0.4, -0.2) is 18.3 Å². The van der Waals surface area contributed by atoms with Gasteiger partial charge in [-0.1, -0.05) is 43.6 Å². The predicted octanol–water partition coefficient (Wildman–Crippen LogP) is 3.96. The summed E-state index contributed by atoms with van der Waals surface area (Å²) in [5.41, 5.74) is 1.23. The van der Waals surface area contributed by atoms with Gasteiger partial charge in [0, 0.05) is 22.6 Å². The third kappa shape index (κ3) is 5.24. The summed E-state index contributed by atoms with van der Waals surface area (Å²) in [6.45, 7) is 6.62. The van der Waals surface area contributed by atoms with Crippen molar-refractivity contribution in [3.63, 3.8) is 0 Å². The first-order valence-corrected chi connectivity index (χ1v) is 7.22. The molecule has 1 atom stereocenters. The fraction of sp³-hybridized carbons (Fsp3) is 0.538. The largest absolute Gasteiger partial charge is 0.316 e. The Kier molecular flexibility index (Phi) is 6.93. The van der Waals surface area contributed by atoms with Crippen molar-refractivity contribution in [2.45, 2.75) is 31.3 Å². The van der Waals surface area contributed by atoms with Crippen molar-refractivity contribution in [1.82, 2.24) is 5.32 Å². The van der Waals surface area contributed by atoms with Gasteiger partial charge in [0.05, 0.1) is 0 Å². The molecule has 0 heterocycles. The normalized spacial score (nSPS) is 12.7. The second-order valence-electron chi connectivity index (χ2n) is 3.92. The molecule has 16 heavy (non-hydrogen) atoms. The molecule has 0 aliphatic heterocycles. The molecule has 0 aliphatic rings. The van der Waals surface area contributed by atoms with Crippen LogP contribution < -0.4 is 5.32 Å². The molecule has 0 radical (unpaired) electrons. The zero-order valence-corrected chi connectivity index (χ0v) is 11.6. The fourth-order valence-electron chi connectivity index (χ4n) is 1.39. The maximum absolute atomic E-state index is 6.11. The standard InChI is InChI=1S/C13H20ClNS/c1-3-8-15-9-11(2)16-10-12-6-4-5-7-13(12)14/h4-7,11,15H,3,8-10H2,1-2H3. The molecule has 0 amide bonds. The van der Waals surface area contributed by atoms with E-state index in [9.17, 15) is 0 Å². The SMILES string of the molecule is CCCNCC(C)SCc1ccccc1Cl. The molecule has 3 heteroatoms. The van der Waals surface area contributed by atoms with Crippen molar-refractivity contribution in [3.05, 3.63) is 34.9 Å². The number of nitrogens with one attached hydrogen (secondary N) is 1. The van der Waals surface area contributed by atoms with Crippen LogP contribution in [0.3, 0.4) is 0 Å². The highest BCUT2D eigenvalue weighted by Crippen LogP contribution is 2.23. The van der Waals surface area contributed by atoms with Crippen LogP contribution in [0.5, 0.6) is 0 Å². The van der Waals surface area contributed by atoms with E-state index in [2.05, 4.69) is 25.2 Å². The van der Waals surface area contributed by atoms with E-state index in [-0.39, 0.29) is 0 Å². The summed E-state index contributed by atoms with van der Waals surface area (Å²) in [5.74, 6) is 0.995. The van der Waals surface area contributed by atoms with E-state index in [0.717, 1.165) is 23.9 Å². The molecule has 0 saturated carbocycles. The highest BCUT2D eigenvalue weighted by molar-refractivity contribution is 7.99. The highest BCUT2D eigenvalue weighted by Gasteiger charge is 2.04. The molecule has 0 spiro atoms. The molecule has 90 valence electrons. The van der Waals surface area contributed by atoms with E-state index < -0.39 is 0 Å². The molecule has 0 saturated heterocycles. The van der Waals surface area contributed by atoms with E-state index in [1.807, 2.05) is 30.0 Å². The molecule has 0 aliphatic carbocycles. The van der Waals surface area contributed by atoms with Crippen LogP contribution in [0.4, 0.5) is 0 Å². The van der Waals surface area contributed by atoms with Gasteiger partial charge in [-0.15, -0.1) is 0 Å². The number of benzene rings is 1. The molecule has 0 bridgehead atoms. The maximum Gasteiger partial charge on any atom is 0.0446 e. The lowest BCUT2D eigenvalue weighted by atomic mass is 10.2. The van der Waals surface area contributed by atoms with Crippen molar-refractivity contribution >= 4 is 23.4 Å². The van der Waals surface area contributed by atoms with E-state index in [1.165, 1.54) is 12.0 Å². The van der Waals surface area contributed by atoms with Gasteiger partial charge in [0.15, 0.2) is 0 Å². The van der Waals surface area contributed by atoms with Crippen LogP contribution in [0.2, 0.25) is 5.02 Å². The lowest BCUT2D eigenvalue weighted by Crippen LogP contribution is -2.23. The number of halogens is 1. The van der Waals surface area contributed by atoms with Gasteiger partial charge in [-0.2, -0.15) is 11.8 Å². The Labute approximate surface area is 108 Å². The summed E-state index contributed by atoms with van der Waals surface area (Å²) in [6, 6.07) is 8.07. The minimum absolute atomic E-state index is 0.628. The Morgan fingerprint density at radius 1 is 1.38 bits per heavy atom. The van der Waals surface area contributed by atoms with E-state index in [4.69, 9.17) is 11.6 Å². The molecular formula is C13H20ClNS. The van der Waals surface area contributed by atoms with Gasteiger partial charge in [0.2, 0.25) is 0 Å². The summed E-state index contributed by atoms with van der Waals surface area (Å²) in [7, 11) is 0. The molecule has 1 rings (SSSR count). The van der Waals surface area contributed by atoms with Crippen molar-refractivity contribution in [2.75, 3.05) is 13.1 Å². The minimum Gasteiger partial charge on any atom is -0.316 e. The summed E-state index contributed by atoms with van der Waals surface area (Å²) in [4.78, 5) is 0. The summed E-state index contributed by atoms with van der Waals surface area (Å²) < 4.78 is 0. The lowest BCUT2D eigenvalue weighted by Gasteiger charge is -2.12. The molecular weight excluding hydrogens is 238 g/mol.